The van der Waals surface area contributed by atoms with Gasteiger partial charge in [0.25, 0.3) is 5.91 Å². The first kappa shape index (κ1) is 22.5. The number of aromatic nitrogens is 2. The Morgan fingerprint density at radius 2 is 1.94 bits per heavy atom. The van der Waals surface area contributed by atoms with Gasteiger partial charge < -0.3 is 18.6 Å². The number of para-hydroxylation sites is 2. The Kier molecular flexibility index (Phi) is 5.46. The highest BCUT2D eigenvalue weighted by atomic mass is 19.4. The first-order chi connectivity index (χ1) is 16.7. The molecule has 0 fully saturated rings. The number of fused-ring (bicyclic) bond motifs is 2. The number of hydrogen-bond acceptors (Lipinski definition) is 5. The van der Waals surface area contributed by atoms with Crippen LogP contribution in [-0.4, -0.2) is 34.0 Å². The quantitative estimate of drug-likeness (QED) is 0.462. The van der Waals surface area contributed by atoms with Gasteiger partial charge in [0.05, 0.1) is 41.6 Å². The van der Waals surface area contributed by atoms with E-state index >= 15 is 0 Å². The molecule has 1 N–H and O–H groups in total. The van der Waals surface area contributed by atoms with Gasteiger partial charge in [-0.3, -0.25) is 14.9 Å². The molecule has 4 aromatic rings. The van der Waals surface area contributed by atoms with Crippen molar-refractivity contribution in [3.63, 3.8) is 0 Å². The lowest BCUT2D eigenvalue weighted by Gasteiger charge is -2.33. The molecule has 1 aliphatic heterocycles. The van der Waals surface area contributed by atoms with Crippen molar-refractivity contribution < 1.29 is 31.9 Å². The molecule has 2 amide bonds. The van der Waals surface area contributed by atoms with Crippen LogP contribution < -0.4 is 15.0 Å². The van der Waals surface area contributed by atoms with Crippen molar-refractivity contribution in [2.45, 2.75) is 25.7 Å². The molecule has 0 saturated carbocycles. The van der Waals surface area contributed by atoms with Crippen LogP contribution >= 0.6 is 0 Å². The van der Waals surface area contributed by atoms with Gasteiger partial charge in [-0.2, -0.15) is 13.2 Å². The van der Waals surface area contributed by atoms with Gasteiger partial charge in [0, 0.05) is 6.92 Å². The van der Waals surface area contributed by atoms with Crippen molar-refractivity contribution in [3.8, 4) is 5.75 Å². The highest BCUT2D eigenvalue weighted by Crippen LogP contribution is 2.34. The Morgan fingerprint density at radius 3 is 2.66 bits per heavy atom. The summed E-state index contributed by atoms with van der Waals surface area (Å²) in [6, 6.07) is 13.4. The van der Waals surface area contributed by atoms with Crippen molar-refractivity contribution >= 4 is 34.5 Å². The number of imidazole rings is 1. The van der Waals surface area contributed by atoms with E-state index in [4.69, 9.17) is 9.15 Å². The van der Waals surface area contributed by atoms with Crippen LogP contribution in [0.25, 0.3) is 11.0 Å². The second-order valence-electron chi connectivity index (χ2n) is 8.00. The lowest BCUT2D eigenvalue weighted by Crippen LogP contribution is -2.48. The van der Waals surface area contributed by atoms with Gasteiger partial charge >= 0.3 is 6.18 Å². The van der Waals surface area contributed by atoms with E-state index in [0.29, 0.717) is 22.7 Å². The largest absolute Gasteiger partial charge is 0.476 e. The topological polar surface area (TPSA) is 89.6 Å². The summed E-state index contributed by atoms with van der Waals surface area (Å²) in [5.74, 6) is 0.0527. The number of amides is 2. The third-order valence-corrected chi connectivity index (χ3v) is 5.65. The molecular weight excluding hydrogens is 465 g/mol. The minimum absolute atomic E-state index is 0.0255. The molecule has 3 heterocycles. The molecule has 0 bridgehead atoms. The van der Waals surface area contributed by atoms with Crippen LogP contribution in [-0.2, 0) is 22.3 Å². The number of hydrogen-bond donors (Lipinski definition) is 1. The van der Waals surface area contributed by atoms with Crippen molar-refractivity contribution in [1.29, 1.82) is 0 Å². The minimum atomic E-state index is -4.54. The van der Waals surface area contributed by atoms with Crippen molar-refractivity contribution in [1.82, 2.24) is 9.55 Å². The molecule has 2 aromatic heterocycles. The highest BCUT2D eigenvalue weighted by Gasteiger charge is 2.34. The molecule has 1 aliphatic rings. The van der Waals surface area contributed by atoms with Crippen LogP contribution in [0.1, 0.15) is 18.2 Å². The standard InChI is InChI=1S/C24H19F3N4O4/c1-14(32)30-13-21(35-20-7-3-2-6-19(20)30)22(33)29-23-28-17-11-15(24(25,26)27)8-9-18(17)31(23)12-16-5-4-10-34-16/h2-11,21H,12-13H2,1H3,(H,28,29,33). The van der Waals surface area contributed by atoms with Gasteiger partial charge in [0.2, 0.25) is 11.9 Å². The monoisotopic (exact) mass is 484 g/mol. The number of alkyl halides is 3. The number of nitrogens with zero attached hydrogens (tertiary/aromatic N) is 3. The van der Waals surface area contributed by atoms with Crippen molar-refractivity contribution in [3.05, 3.63) is 72.2 Å². The number of nitrogens with one attached hydrogen (secondary N) is 1. The van der Waals surface area contributed by atoms with E-state index in [2.05, 4.69) is 10.3 Å². The molecule has 8 nitrogen and oxygen atoms in total. The van der Waals surface area contributed by atoms with Crippen LogP contribution in [0.3, 0.4) is 0 Å². The zero-order valence-corrected chi connectivity index (χ0v) is 18.4. The molecule has 0 saturated heterocycles. The maximum Gasteiger partial charge on any atom is 0.416 e. The molecule has 1 atom stereocenters. The number of carbonyl (C=O) groups is 2. The van der Waals surface area contributed by atoms with Gasteiger partial charge in [0.15, 0.2) is 6.10 Å². The number of benzene rings is 2. The Balaban J connectivity index is 1.49. The summed E-state index contributed by atoms with van der Waals surface area (Å²) in [6.45, 7) is 1.48. The van der Waals surface area contributed by atoms with Crippen LogP contribution in [0.15, 0.2) is 65.3 Å². The Bertz CT molecular complexity index is 1410. The summed E-state index contributed by atoms with van der Waals surface area (Å²) < 4.78 is 52.5. The molecule has 2 aromatic carbocycles. The van der Waals surface area contributed by atoms with E-state index in [9.17, 15) is 22.8 Å². The van der Waals surface area contributed by atoms with Crippen molar-refractivity contribution in [2.75, 3.05) is 16.8 Å². The fourth-order valence-electron chi connectivity index (χ4n) is 3.98. The maximum atomic E-state index is 13.2. The number of rotatable bonds is 4. The maximum absolute atomic E-state index is 13.2. The Hall–Kier alpha value is -4.28. The molecule has 1 unspecified atom stereocenters. The van der Waals surface area contributed by atoms with Gasteiger partial charge in [0.1, 0.15) is 11.5 Å². The van der Waals surface area contributed by atoms with E-state index in [1.165, 1.54) is 24.2 Å². The predicted octanol–water partition coefficient (Wildman–Crippen LogP) is 4.45. The number of anilines is 2. The average molecular weight is 484 g/mol. The van der Waals surface area contributed by atoms with E-state index in [1.54, 1.807) is 41.0 Å². The predicted molar refractivity (Wildman–Crippen MR) is 120 cm³/mol. The van der Waals surface area contributed by atoms with E-state index in [0.717, 1.165) is 12.1 Å². The molecule has 11 heteroatoms. The third-order valence-electron chi connectivity index (χ3n) is 5.65. The van der Waals surface area contributed by atoms with Crippen molar-refractivity contribution in [2.24, 2.45) is 0 Å². The Morgan fingerprint density at radius 1 is 1.14 bits per heavy atom. The summed E-state index contributed by atoms with van der Waals surface area (Å²) in [4.78, 5) is 31.0. The lowest BCUT2D eigenvalue weighted by atomic mass is 10.1. The second-order valence-corrected chi connectivity index (χ2v) is 8.00. The first-order valence-corrected chi connectivity index (χ1v) is 10.7. The van der Waals surface area contributed by atoms with Gasteiger partial charge in [-0.05, 0) is 42.5 Å². The molecule has 0 spiro atoms. The fraction of sp³-hybridized carbons (Fsp3) is 0.208. The molecule has 180 valence electrons. The van der Waals surface area contributed by atoms with Gasteiger partial charge in [-0.1, -0.05) is 12.1 Å². The fourth-order valence-corrected chi connectivity index (χ4v) is 3.98. The third kappa shape index (κ3) is 4.32. The van der Waals surface area contributed by atoms with E-state index in [-0.39, 0.29) is 30.5 Å². The average Bonchev–Trinajstić information content (AvgIpc) is 3.45. The minimum Gasteiger partial charge on any atom is -0.476 e. The molecule has 5 rings (SSSR count). The summed E-state index contributed by atoms with van der Waals surface area (Å²) in [5.41, 5.74) is 0.135. The lowest BCUT2D eigenvalue weighted by molar-refractivity contribution is -0.137. The summed E-state index contributed by atoms with van der Waals surface area (Å²) >= 11 is 0. The number of halogens is 3. The van der Waals surface area contributed by atoms with E-state index < -0.39 is 23.8 Å². The van der Waals surface area contributed by atoms with Gasteiger partial charge in [-0.15, -0.1) is 0 Å². The van der Waals surface area contributed by atoms with Crippen LogP contribution in [0, 0.1) is 0 Å². The summed E-state index contributed by atoms with van der Waals surface area (Å²) in [7, 11) is 0. The molecule has 0 aliphatic carbocycles. The highest BCUT2D eigenvalue weighted by molar-refractivity contribution is 5.99. The first-order valence-electron chi connectivity index (χ1n) is 10.7. The zero-order chi connectivity index (χ0) is 24.7. The SMILES string of the molecule is CC(=O)N1CC(C(=O)Nc2nc3cc(C(F)(F)F)ccc3n2Cc2ccco2)Oc2ccccc21. The van der Waals surface area contributed by atoms with Crippen LogP contribution in [0.5, 0.6) is 5.75 Å². The molecule has 35 heavy (non-hydrogen) atoms. The van der Waals surface area contributed by atoms with E-state index in [1.807, 2.05) is 0 Å². The van der Waals surface area contributed by atoms with Crippen LogP contribution in [0.4, 0.5) is 24.8 Å². The summed E-state index contributed by atoms with van der Waals surface area (Å²) in [6.07, 6.45) is -4.13. The van der Waals surface area contributed by atoms with Crippen LogP contribution in [0.2, 0.25) is 0 Å². The zero-order valence-electron chi connectivity index (χ0n) is 18.4. The normalized spacial score (nSPS) is 15.5. The summed E-state index contributed by atoms with van der Waals surface area (Å²) in [5, 5.41) is 2.66. The second kappa shape index (κ2) is 8.49. The number of ether oxygens (including phenoxy) is 1. The number of furan rings is 1. The smallest absolute Gasteiger partial charge is 0.416 e. The molecular formula is C24H19F3N4O4. The molecule has 0 radical (unpaired) electrons. The number of carbonyl (C=O) groups excluding carboxylic acids is 2. The van der Waals surface area contributed by atoms with Gasteiger partial charge in [-0.25, -0.2) is 4.98 Å². The Labute approximate surface area is 196 Å².